The van der Waals surface area contributed by atoms with E-state index in [1.807, 2.05) is 30.4 Å². The molecule has 10 nitrogen and oxygen atoms in total. The SMILES string of the molecule is CCCCC/C=C/CC(O)C(O)C/C=C\C/C=C\CCCC(=O)OC(COCCCCCCCC/C=C\CCCCCCCC)COP(=O)(O)OCCN. The van der Waals surface area contributed by atoms with Gasteiger partial charge in [0.2, 0.25) is 0 Å². The minimum absolute atomic E-state index is 0.0570. The lowest BCUT2D eigenvalue weighted by Crippen LogP contribution is -2.28. The predicted octanol–water partition coefficient (Wildman–Crippen LogP) is 10.4. The Bertz CT molecular complexity index is 1000. The molecule has 0 aliphatic rings. The molecular formula is C43H80NO9P. The number of phosphoric acid groups is 1. The summed E-state index contributed by atoms with van der Waals surface area (Å²) in [7, 11) is -4.32. The van der Waals surface area contributed by atoms with Gasteiger partial charge in [-0.3, -0.25) is 13.8 Å². The van der Waals surface area contributed by atoms with Gasteiger partial charge in [0.05, 0.1) is 32.0 Å². The Balaban J connectivity index is 4.26. The summed E-state index contributed by atoms with van der Waals surface area (Å²) in [5.41, 5.74) is 5.35. The van der Waals surface area contributed by atoms with Gasteiger partial charge in [-0.2, -0.15) is 0 Å². The van der Waals surface area contributed by atoms with Gasteiger partial charge in [0, 0.05) is 19.6 Å². The molecule has 0 rings (SSSR count). The van der Waals surface area contributed by atoms with E-state index in [0.717, 1.165) is 38.5 Å². The number of allylic oxidation sites excluding steroid dienone is 6. The zero-order valence-corrected chi connectivity index (χ0v) is 35.1. The Labute approximate surface area is 329 Å². The first kappa shape index (κ1) is 52.4. The Morgan fingerprint density at radius 3 is 1.72 bits per heavy atom. The molecule has 54 heavy (non-hydrogen) atoms. The van der Waals surface area contributed by atoms with Crippen LogP contribution in [0, 0.1) is 0 Å². The van der Waals surface area contributed by atoms with Crippen molar-refractivity contribution in [1.29, 1.82) is 0 Å². The second-order valence-corrected chi connectivity index (χ2v) is 15.6. The summed E-state index contributed by atoms with van der Waals surface area (Å²) in [6.45, 7) is 4.60. The Morgan fingerprint density at radius 2 is 1.09 bits per heavy atom. The van der Waals surface area contributed by atoms with Crippen molar-refractivity contribution in [3.8, 4) is 0 Å². The fraction of sp³-hybridized carbons (Fsp3) is 0.791. The number of aliphatic hydroxyl groups is 2. The Kier molecular flexibility index (Phi) is 38.4. The molecule has 0 fully saturated rings. The van der Waals surface area contributed by atoms with E-state index in [-0.39, 0.29) is 32.8 Å². The average molecular weight is 786 g/mol. The smallest absolute Gasteiger partial charge is 0.457 e. The number of carbonyl (C=O) groups is 1. The maximum atomic E-state index is 12.6. The zero-order chi connectivity index (χ0) is 39.8. The highest BCUT2D eigenvalue weighted by Crippen LogP contribution is 2.43. The van der Waals surface area contributed by atoms with Crippen molar-refractivity contribution < 1.29 is 43.0 Å². The van der Waals surface area contributed by atoms with Crippen molar-refractivity contribution in [3.63, 3.8) is 0 Å². The fourth-order valence-corrected chi connectivity index (χ4v) is 6.34. The van der Waals surface area contributed by atoms with Crippen LogP contribution in [0.5, 0.6) is 0 Å². The van der Waals surface area contributed by atoms with Crippen molar-refractivity contribution in [3.05, 3.63) is 48.6 Å². The van der Waals surface area contributed by atoms with E-state index in [1.165, 1.54) is 77.0 Å². The van der Waals surface area contributed by atoms with Gasteiger partial charge in [-0.15, -0.1) is 0 Å². The van der Waals surface area contributed by atoms with Crippen LogP contribution >= 0.6 is 7.82 Å². The van der Waals surface area contributed by atoms with Crippen molar-refractivity contribution in [2.45, 2.75) is 186 Å². The number of hydrogen-bond donors (Lipinski definition) is 4. The molecule has 0 heterocycles. The van der Waals surface area contributed by atoms with E-state index >= 15 is 0 Å². The summed E-state index contributed by atoms with van der Waals surface area (Å²) in [4.78, 5) is 22.4. The fourth-order valence-electron chi connectivity index (χ4n) is 5.58. The first-order chi connectivity index (χ1) is 26.3. The van der Waals surface area contributed by atoms with Gasteiger partial charge in [0.15, 0.2) is 0 Å². The number of unbranched alkanes of at least 4 members (excludes halogenated alkanes) is 16. The second-order valence-electron chi connectivity index (χ2n) is 14.2. The summed E-state index contributed by atoms with van der Waals surface area (Å²) in [6.07, 6.45) is 38.8. The third-order valence-electron chi connectivity index (χ3n) is 8.90. The Hall–Kier alpha value is -1.62. The molecule has 0 aliphatic heterocycles. The first-order valence-corrected chi connectivity index (χ1v) is 22.8. The monoisotopic (exact) mass is 786 g/mol. The van der Waals surface area contributed by atoms with Crippen LogP contribution in [-0.2, 0) is 27.9 Å². The van der Waals surface area contributed by atoms with E-state index in [1.54, 1.807) is 0 Å². The quantitative estimate of drug-likeness (QED) is 0.0204. The van der Waals surface area contributed by atoms with Gasteiger partial charge in [0.25, 0.3) is 0 Å². The van der Waals surface area contributed by atoms with E-state index in [9.17, 15) is 24.5 Å². The maximum absolute atomic E-state index is 12.6. The minimum Gasteiger partial charge on any atom is -0.457 e. The second kappa shape index (κ2) is 39.6. The number of esters is 1. The van der Waals surface area contributed by atoms with Crippen LogP contribution in [0.15, 0.2) is 48.6 Å². The summed E-state index contributed by atoms with van der Waals surface area (Å²) < 4.78 is 33.3. The van der Waals surface area contributed by atoms with Crippen molar-refractivity contribution in [2.24, 2.45) is 5.73 Å². The molecule has 11 heteroatoms. The zero-order valence-electron chi connectivity index (χ0n) is 34.2. The number of nitrogens with two attached hydrogens (primary N) is 1. The van der Waals surface area contributed by atoms with Crippen LogP contribution in [-0.4, -0.2) is 72.4 Å². The average Bonchev–Trinajstić information content (AvgIpc) is 3.16. The standard InChI is InChI=1S/C43H80NO9P/c1-3-5-7-9-11-12-13-14-15-16-17-18-19-23-27-31-36-50-38-40(39-52-54(48,49)51-37-35-44)53-43(47)34-30-26-22-20-21-25-29-33-42(46)41(45)32-28-24-10-8-6-4-2/h14-15,20,22,24-25,28-29,40-42,45-46H,3-13,16-19,21,23,26-27,30-39,44H2,1-2H3,(H,48,49)/b15-14-,22-20-,28-24+,29-25-. The van der Waals surface area contributed by atoms with Crippen molar-refractivity contribution in [2.75, 3.05) is 33.0 Å². The van der Waals surface area contributed by atoms with Gasteiger partial charge >= 0.3 is 13.8 Å². The molecule has 316 valence electrons. The molecule has 5 N–H and O–H groups in total. The molecule has 0 aromatic heterocycles. The van der Waals surface area contributed by atoms with Gasteiger partial charge in [-0.25, -0.2) is 4.57 Å². The molecule has 0 aromatic carbocycles. The molecular weight excluding hydrogens is 705 g/mol. The number of aliphatic hydroxyl groups excluding tert-OH is 2. The lowest BCUT2D eigenvalue weighted by molar-refractivity contribution is -0.154. The number of carbonyl (C=O) groups excluding carboxylic acids is 1. The van der Waals surface area contributed by atoms with E-state index in [4.69, 9.17) is 24.3 Å². The highest BCUT2D eigenvalue weighted by molar-refractivity contribution is 7.47. The van der Waals surface area contributed by atoms with Crippen LogP contribution in [0.4, 0.5) is 0 Å². The molecule has 0 saturated carbocycles. The van der Waals surface area contributed by atoms with E-state index in [2.05, 4.69) is 32.1 Å². The number of ether oxygens (including phenoxy) is 2. The molecule has 0 amide bonds. The van der Waals surface area contributed by atoms with Crippen LogP contribution in [0.25, 0.3) is 0 Å². The summed E-state index contributed by atoms with van der Waals surface area (Å²) in [5, 5.41) is 20.3. The van der Waals surface area contributed by atoms with Crippen LogP contribution in [0.2, 0.25) is 0 Å². The first-order valence-electron chi connectivity index (χ1n) is 21.3. The highest BCUT2D eigenvalue weighted by atomic mass is 31.2. The molecule has 0 bridgehead atoms. The minimum atomic E-state index is -4.32. The van der Waals surface area contributed by atoms with Gasteiger partial charge in [-0.1, -0.05) is 133 Å². The lowest BCUT2D eigenvalue weighted by atomic mass is 10.1. The van der Waals surface area contributed by atoms with Crippen LogP contribution in [0.3, 0.4) is 0 Å². The topological polar surface area (TPSA) is 158 Å². The largest absolute Gasteiger partial charge is 0.472 e. The van der Waals surface area contributed by atoms with Gasteiger partial charge < -0.3 is 30.3 Å². The predicted molar refractivity (Wildman–Crippen MR) is 222 cm³/mol. The Morgan fingerprint density at radius 1 is 0.611 bits per heavy atom. The van der Waals surface area contributed by atoms with E-state index in [0.29, 0.717) is 38.7 Å². The van der Waals surface area contributed by atoms with Gasteiger partial charge in [-0.05, 0) is 77.0 Å². The van der Waals surface area contributed by atoms with E-state index < -0.39 is 32.1 Å². The number of rotatable bonds is 40. The van der Waals surface area contributed by atoms with Crippen LogP contribution < -0.4 is 5.73 Å². The van der Waals surface area contributed by atoms with Crippen molar-refractivity contribution >= 4 is 13.8 Å². The summed E-state index contributed by atoms with van der Waals surface area (Å²) in [5.74, 6) is -0.434. The highest BCUT2D eigenvalue weighted by Gasteiger charge is 2.25. The number of hydrogen-bond acceptors (Lipinski definition) is 9. The number of phosphoric ester groups is 1. The lowest BCUT2D eigenvalue weighted by Gasteiger charge is -2.20. The molecule has 4 atom stereocenters. The molecule has 0 radical (unpaired) electrons. The summed E-state index contributed by atoms with van der Waals surface area (Å²) in [6, 6.07) is 0. The third kappa shape index (κ3) is 37.3. The maximum Gasteiger partial charge on any atom is 0.472 e. The molecule has 0 aliphatic carbocycles. The van der Waals surface area contributed by atoms with Crippen LogP contribution in [0.1, 0.15) is 168 Å². The van der Waals surface area contributed by atoms with Crippen molar-refractivity contribution in [1.82, 2.24) is 0 Å². The molecule has 4 unspecified atom stereocenters. The molecule has 0 spiro atoms. The summed E-state index contributed by atoms with van der Waals surface area (Å²) >= 11 is 0. The molecule has 0 aromatic rings. The third-order valence-corrected chi connectivity index (χ3v) is 9.88. The van der Waals surface area contributed by atoms with Gasteiger partial charge in [0.1, 0.15) is 6.10 Å². The molecule has 0 saturated heterocycles. The normalized spacial score (nSPS) is 15.1.